The minimum absolute atomic E-state index is 0.00419. The number of anilines is 1. The first-order valence-electron chi connectivity index (χ1n) is 10.6. The van der Waals surface area contributed by atoms with E-state index in [2.05, 4.69) is 40.8 Å². The van der Waals surface area contributed by atoms with Gasteiger partial charge in [-0.1, -0.05) is 29.1 Å². The smallest absolute Gasteiger partial charge is 0.293 e. The Balaban J connectivity index is 1.38. The number of thioether (sulfide) groups is 1. The van der Waals surface area contributed by atoms with E-state index in [0.717, 1.165) is 0 Å². The molecule has 15 heteroatoms. The number of amides is 1. The number of ether oxygens (including phenoxy) is 2. The lowest BCUT2D eigenvalue weighted by Crippen LogP contribution is -2.20. The molecular weight excluding hydrogens is 502 g/mol. The van der Waals surface area contributed by atoms with Crippen molar-refractivity contribution >= 4 is 40.8 Å². The minimum atomic E-state index is -0.605. The standard InChI is InChI=1S/C22H19N9O5S/c1-33-16-8-7-12(9-17(16)34-2)10-24-27-21(32)18-14(31(30-26-18)20-19(23)28-36-29-20)11-37-22-25-13-5-3-4-6-15(13)35-22/h3-10H,11H2,1-2H3,(H2,23,28)(H,27,32)/b24-10-. The van der Waals surface area contributed by atoms with Crippen molar-refractivity contribution in [3.8, 4) is 17.3 Å². The largest absolute Gasteiger partial charge is 0.493 e. The molecule has 1 amide bonds. The van der Waals surface area contributed by atoms with Crippen molar-refractivity contribution in [3.63, 3.8) is 0 Å². The number of carbonyl (C=O) groups is 1. The minimum Gasteiger partial charge on any atom is -0.493 e. The molecule has 3 aromatic heterocycles. The van der Waals surface area contributed by atoms with Gasteiger partial charge in [0.05, 0.1) is 26.1 Å². The maximum absolute atomic E-state index is 13.0. The van der Waals surface area contributed by atoms with Gasteiger partial charge in [-0.25, -0.2) is 15.0 Å². The van der Waals surface area contributed by atoms with Crippen LogP contribution in [0.1, 0.15) is 21.7 Å². The van der Waals surface area contributed by atoms with Crippen LogP contribution in [0.15, 0.2) is 61.8 Å². The molecule has 0 bridgehead atoms. The van der Waals surface area contributed by atoms with Crippen LogP contribution in [0.25, 0.3) is 16.9 Å². The first kappa shape index (κ1) is 23.8. The van der Waals surface area contributed by atoms with Gasteiger partial charge in [0.1, 0.15) is 5.52 Å². The van der Waals surface area contributed by atoms with E-state index in [4.69, 9.17) is 19.6 Å². The summed E-state index contributed by atoms with van der Waals surface area (Å²) in [7, 11) is 3.07. The van der Waals surface area contributed by atoms with Crippen LogP contribution in [-0.2, 0) is 5.75 Å². The maximum atomic E-state index is 13.0. The summed E-state index contributed by atoms with van der Waals surface area (Å²) in [5.74, 6) is 0.756. The molecule has 188 valence electrons. The van der Waals surface area contributed by atoms with E-state index in [0.29, 0.717) is 39.1 Å². The van der Waals surface area contributed by atoms with Gasteiger partial charge >= 0.3 is 0 Å². The van der Waals surface area contributed by atoms with Gasteiger partial charge in [0.25, 0.3) is 11.1 Å². The second kappa shape index (κ2) is 10.4. The molecule has 2 aromatic carbocycles. The number of aromatic nitrogens is 6. The number of nitrogens with two attached hydrogens (primary N) is 1. The highest BCUT2D eigenvalue weighted by Crippen LogP contribution is 2.29. The zero-order chi connectivity index (χ0) is 25.8. The van der Waals surface area contributed by atoms with Crippen LogP contribution in [0.2, 0.25) is 0 Å². The average Bonchev–Trinajstić information content (AvgIpc) is 3.64. The average molecular weight is 522 g/mol. The number of oxazole rings is 1. The van der Waals surface area contributed by atoms with Crippen LogP contribution in [0, 0.1) is 0 Å². The van der Waals surface area contributed by atoms with E-state index >= 15 is 0 Å². The lowest BCUT2D eigenvalue weighted by Gasteiger charge is -2.07. The van der Waals surface area contributed by atoms with Gasteiger partial charge in [0.2, 0.25) is 11.6 Å². The van der Waals surface area contributed by atoms with Gasteiger partial charge in [0, 0.05) is 5.75 Å². The Bertz CT molecular complexity index is 1560. The summed E-state index contributed by atoms with van der Waals surface area (Å²) >= 11 is 1.24. The SMILES string of the molecule is COc1ccc(/C=N\NC(=O)c2nnn(-c3nonc3N)c2CSc2nc3ccccc3o2)cc1OC. The summed E-state index contributed by atoms with van der Waals surface area (Å²) < 4.78 is 22.2. The highest BCUT2D eigenvalue weighted by Gasteiger charge is 2.24. The van der Waals surface area contributed by atoms with Crippen molar-refractivity contribution < 1.29 is 23.3 Å². The normalized spacial score (nSPS) is 11.3. The fourth-order valence-corrected chi connectivity index (χ4v) is 4.14. The molecular formula is C22H19N9O5S. The summed E-state index contributed by atoms with van der Waals surface area (Å²) in [5.41, 5.74) is 10.7. The molecule has 0 saturated heterocycles. The van der Waals surface area contributed by atoms with E-state index in [1.807, 2.05) is 24.3 Å². The second-order valence-corrected chi connectivity index (χ2v) is 8.25. The molecule has 5 rings (SSSR count). The Morgan fingerprint density at radius 1 is 1.19 bits per heavy atom. The summed E-state index contributed by atoms with van der Waals surface area (Å²) in [6.45, 7) is 0. The molecule has 0 aliphatic heterocycles. The highest BCUT2D eigenvalue weighted by molar-refractivity contribution is 7.98. The Labute approximate surface area is 212 Å². The molecule has 0 atom stereocenters. The second-order valence-electron chi connectivity index (χ2n) is 7.32. The third-order valence-electron chi connectivity index (χ3n) is 5.07. The van der Waals surface area contributed by atoms with Crippen molar-refractivity contribution in [1.29, 1.82) is 0 Å². The number of fused-ring (bicyclic) bond motifs is 1. The van der Waals surface area contributed by atoms with Crippen LogP contribution in [0.5, 0.6) is 11.5 Å². The van der Waals surface area contributed by atoms with Crippen molar-refractivity contribution in [3.05, 3.63) is 59.4 Å². The Morgan fingerprint density at radius 3 is 2.78 bits per heavy atom. The number of nitrogens with one attached hydrogen (secondary N) is 1. The number of nitrogens with zero attached hydrogens (tertiary/aromatic N) is 7. The molecule has 0 spiro atoms. The first-order valence-corrected chi connectivity index (χ1v) is 11.6. The third kappa shape index (κ3) is 4.92. The number of hydrogen-bond donors (Lipinski definition) is 2. The Kier molecular flexibility index (Phi) is 6.67. The summed E-state index contributed by atoms with van der Waals surface area (Å²) in [5, 5.41) is 19.8. The number of hydrogen-bond acceptors (Lipinski definition) is 13. The van der Waals surface area contributed by atoms with Gasteiger partial charge in [-0.15, -0.1) is 5.10 Å². The topological polar surface area (TPSA) is 182 Å². The zero-order valence-electron chi connectivity index (χ0n) is 19.5. The van der Waals surface area contributed by atoms with Crippen LogP contribution in [0.3, 0.4) is 0 Å². The first-order chi connectivity index (χ1) is 18.1. The summed E-state index contributed by atoms with van der Waals surface area (Å²) in [6.07, 6.45) is 1.45. The van der Waals surface area contributed by atoms with Crippen LogP contribution in [0.4, 0.5) is 5.82 Å². The van der Waals surface area contributed by atoms with Gasteiger partial charge < -0.3 is 19.6 Å². The monoisotopic (exact) mass is 521 g/mol. The fraction of sp³-hybridized carbons (Fsp3) is 0.136. The molecule has 0 radical (unpaired) electrons. The Hall–Kier alpha value is -4.92. The van der Waals surface area contributed by atoms with Crippen LogP contribution in [-0.4, -0.2) is 56.6 Å². The van der Waals surface area contributed by atoms with Gasteiger partial charge in [-0.3, -0.25) is 4.79 Å². The molecule has 0 aliphatic rings. The molecule has 5 aromatic rings. The molecule has 3 heterocycles. The lowest BCUT2D eigenvalue weighted by atomic mass is 10.2. The molecule has 0 aliphatic carbocycles. The summed E-state index contributed by atoms with van der Waals surface area (Å²) in [4.78, 5) is 17.4. The number of rotatable bonds is 9. The molecule has 0 unspecified atom stereocenters. The van der Waals surface area contributed by atoms with E-state index in [-0.39, 0.29) is 23.1 Å². The number of para-hydroxylation sites is 2. The van der Waals surface area contributed by atoms with Crippen molar-refractivity contribution in [2.24, 2.45) is 5.10 Å². The fourth-order valence-electron chi connectivity index (χ4n) is 3.31. The number of methoxy groups -OCH3 is 2. The zero-order valence-corrected chi connectivity index (χ0v) is 20.3. The number of nitrogen functional groups attached to an aromatic ring is 1. The molecule has 14 nitrogen and oxygen atoms in total. The number of hydrazone groups is 1. The van der Waals surface area contributed by atoms with Gasteiger partial charge in [0.15, 0.2) is 22.8 Å². The van der Waals surface area contributed by atoms with E-state index in [1.54, 1.807) is 25.3 Å². The van der Waals surface area contributed by atoms with Crippen molar-refractivity contribution in [2.45, 2.75) is 11.0 Å². The van der Waals surface area contributed by atoms with Crippen LogP contribution < -0.4 is 20.6 Å². The maximum Gasteiger partial charge on any atom is 0.293 e. The lowest BCUT2D eigenvalue weighted by molar-refractivity contribution is 0.0949. The summed E-state index contributed by atoms with van der Waals surface area (Å²) in [6, 6.07) is 12.6. The van der Waals surface area contributed by atoms with Gasteiger partial charge in [-0.2, -0.15) is 9.78 Å². The number of carbonyl (C=O) groups excluding carboxylic acids is 1. The van der Waals surface area contributed by atoms with E-state index in [1.165, 1.54) is 29.8 Å². The van der Waals surface area contributed by atoms with Crippen molar-refractivity contribution in [2.75, 3.05) is 20.0 Å². The predicted molar refractivity (Wildman–Crippen MR) is 132 cm³/mol. The molecule has 0 saturated carbocycles. The van der Waals surface area contributed by atoms with Crippen LogP contribution >= 0.6 is 11.8 Å². The molecule has 37 heavy (non-hydrogen) atoms. The number of benzene rings is 2. The highest BCUT2D eigenvalue weighted by atomic mass is 32.2. The van der Waals surface area contributed by atoms with E-state index in [9.17, 15) is 4.79 Å². The predicted octanol–water partition coefficient (Wildman–Crippen LogP) is 2.45. The van der Waals surface area contributed by atoms with Crippen molar-refractivity contribution in [1.82, 2.24) is 35.7 Å². The van der Waals surface area contributed by atoms with E-state index < -0.39 is 5.91 Å². The Morgan fingerprint density at radius 2 is 2.03 bits per heavy atom. The van der Waals surface area contributed by atoms with Gasteiger partial charge in [-0.05, 0) is 46.2 Å². The molecule has 3 N–H and O–H groups in total. The third-order valence-corrected chi connectivity index (χ3v) is 5.91. The quantitative estimate of drug-likeness (QED) is 0.164. The molecule has 0 fully saturated rings.